The van der Waals surface area contributed by atoms with Crippen LogP contribution in [0.3, 0.4) is 0 Å². The Balaban J connectivity index is 1.94. The molecule has 1 aromatic carbocycles. The minimum atomic E-state index is -1.11. The molecule has 0 saturated carbocycles. The van der Waals surface area contributed by atoms with Crippen LogP contribution in [-0.2, 0) is 13.0 Å². The number of amides is 2. The van der Waals surface area contributed by atoms with E-state index < -0.39 is 18.0 Å². The van der Waals surface area contributed by atoms with Gasteiger partial charge in [0.2, 0.25) is 0 Å². The topological polar surface area (TPSA) is 79.2 Å². The van der Waals surface area contributed by atoms with Crippen LogP contribution in [0.4, 0.5) is 14.9 Å². The van der Waals surface area contributed by atoms with Gasteiger partial charge in [-0.3, -0.25) is 4.68 Å². The smallest absolute Gasteiger partial charge is 0.319 e. The van der Waals surface area contributed by atoms with Crippen molar-refractivity contribution in [3.8, 4) is 0 Å². The van der Waals surface area contributed by atoms with Crippen molar-refractivity contribution in [1.29, 1.82) is 0 Å². The normalized spacial score (nSPS) is 12.2. The van der Waals surface area contributed by atoms with Crippen molar-refractivity contribution in [2.75, 3.05) is 11.9 Å². The summed E-state index contributed by atoms with van der Waals surface area (Å²) in [5.41, 5.74) is 1.74. The molecule has 6 nitrogen and oxygen atoms in total. The van der Waals surface area contributed by atoms with Crippen LogP contribution >= 0.6 is 0 Å². The summed E-state index contributed by atoms with van der Waals surface area (Å²) < 4.78 is 15.5. The van der Waals surface area contributed by atoms with E-state index in [1.54, 1.807) is 18.3 Å². The minimum Gasteiger partial charge on any atom is -0.386 e. The fourth-order valence-corrected chi connectivity index (χ4v) is 2.60. The van der Waals surface area contributed by atoms with Crippen molar-refractivity contribution in [3.63, 3.8) is 0 Å². The van der Waals surface area contributed by atoms with Crippen molar-refractivity contribution in [2.24, 2.45) is 5.92 Å². The van der Waals surface area contributed by atoms with Gasteiger partial charge in [-0.15, -0.1) is 0 Å². The third-order valence-electron chi connectivity index (χ3n) is 3.79. The molecule has 3 N–H and O–H groups in total. The molecule has 1 aromatic heterocycles. The maximum atomic E-state index is 13.6. The lowest BCUT2D eigenvalue weighted by molar-refractivity contribution is 0.170. The van der Waals surface area contributed by atoms with Crippen LogP contribution < -0.4 is 10.6 Å². The third-order valence-corrected chi connectivity index (χ3v) is 3.79. The average molecular weight is 348 g/mol. The highest BCUT2D eigenvalue weighted by molar-refractivity contribution is 5.89. The molecule has 2 aromatic rings. The molecule has 1 unspecified atom stereocenters. The Bertz CT molecular complexity index is 715. The number of rotatable bonds is 7. The standard InChI is InChI=1S/C18H25FN4O2/c1-4-16-15(9-21-23(16)11-12(2)3)22-18(25)20-10-17(24)13-7-5-6-8-14(13)19/h5-9,12,17,24H,4,10-11H2,1-3H3,(H2,20,22,25). The van der Waals surface area contributed by atoms with Crippen LogP contribution in [-0.4, -0.2) is 27.5 Å². The number of aromatic nitrogens is 2. The molecule has 25 heavy (non-hydrogen) atoms. The Morgan fingerprint density at radius 3 is 2.72 bits per heavy atom. The molecule has 136 valence electrons. The second-order valence-electron chi connectivity index (χ2n) is 6.31. The van der Waals surface area contributed by atoms with Crippen LogP contribution in [0.1, 0.15) is 38.1 Å². The van der Waals surface area contributed by atoms with Gasteiger partial charge < -0.3 is 15.7 Å². The molecule has 0 fully saturated rings. The zero-order chi connectivity index (χ0) is 18.4. The highest BCUT2D eigenvalue weighted by Gasteiger charge is 2.15. The van der Waals surface area contributed by atoms with E-state index in [2.05, 4.69) is 29.6 Å². The molecule has 0 bridgehead atoms. The fourth-order valence-electron chi connectivity index (χ4n) is 2.60. The van der Waals surface area contributed by atoms with Crippen LogP contribution in [0.25, 0.3) is 0 Å². The number of hydrogen-bond donors (Lipinski definition) is 3. The number of carbonyl (C=O) groups excluding carboxylic acids is 1. The monoisotopic (exact) mass is 348 g/mol. The first kappa shape index (κ1) is 18.9. The van der Waals surface area contributed by atoms with Gasteiger partial charge in [0.25, 0.3) is 0 Å². The molecule has 1 atom stereocenters. The molecular formula is C18H25FN4O2. The molecule has 2 rings (SSSR count). The van der Waals surface area contributed by atoms with E-state index in [0.29, 0.717) is 11.6 Å². The molecule has 0 radical (unpaired) electrons. The number of anilines is 1. The maximum absolute atomic E-state index is 13.6. The van der Waals surface area contributed by atoms with E-state index in [0.717, 1.165) is 18.7 Å². The Hall–Kier alpha value is -2.41. The fraction of sp³-hybridized carbons (Fsp3) is 0.444. The summed E-state index contributed by atoms with van der Waals surface area (Å²) in [6, 6.07) is 5.49. The number of aliphatic hydroxyl groups excluding tert-OH is 1. The molecule has 0 aliphatic rings. The second-order valence-corrected chi connectivity index (χ2v) is 6.31. The number of hydrogen-bond acceptors (Lipinski definition) is 3. The van der Waals surface area contributed by atoms with Crippen molar-refractivity contribution in [3.05, 3.63) is 47.5 Å². The van der Waals surface area contributed by atoms with Gasteiger partial charge >= 0.3 is 6.03 Å². The lowest BCUT2D eigenvalue weighted by atomic mass is 10.1. The van der Waals surface area contributed by atoms with Gasteiger partial charge in [-0.25, -0.2) is 9.18 Å². The highest BCUT2D eigenvalue weighted by atomic mass is 19.1. The largest absolute Gasteiger partial charge is 0.386 e. The Morgan fingerprint density at radius 1 is 1.36 bits per heavy atom. The molecule has 1 heterocycles. The van der Waals surface area contributed by atoms with Crippen LogP contribution in [0.5, 0.6) is 0 Å². The highest BCUT2D eigenvalue weighted by Crippen LogP contribution is 2.18. The minimum absolute atomic E-state index is 0.0889. The third kappa shape index (κ3) is 5.03. The molecule has 0 aliphatic heterocycles. The van der Waals surface area contributed by atoms with Crippen LogP contribution in [0.15, 0.2) is 30.5 Å². The second kappa shape index (κ2) is 8.62. The van der Waals surface area contributed by atoms with E-state index in [1.165, 1.54) is 12.1 Å². The number of carbonyl (C=O) groups is 1. The van der Waals surface area contributed by atoms with Gasteiger partial charge in [0, 0.05) is 18.7 Å². The average Bonchev–Trinajstić information content (AvgIpc) is 2.93. The lowest BCUT2D eigenvalue weighted by Gasteiger charge is -2.14. The number of urea groups is 1. The summed E-state index contributed by atoms with van der Waals surface area (Å²) in [5, 5.41) is 19.6. The predicted molar refractivity (Wildman–Crippen MR) is 94.8 cm³/mol. The van der Waals surface area contributed by atoms with Gasteiger partial charge in [-0.1, -0.05) is 39.0 Å². The summed E-state index contributed by atoms with van der Waals surface area (Å²) in [7, 11) is 0. The molecule has 0 saturated heterocycles. The van der Waals surface area contributed by atoms with Crippen molar-refractivity contribution in [2.45, 2.75) is 39.8 Å². The summed E-state index contributed by atoms with van der Waals surface area (Å²) >= 11 is 0. The van der Waals surface area contributed by atoms with Crippen LogP contribution in [0, 0.1) is 11.7 Å². The number of nitrogens with zero attached hydrogens (tertiary/aromatic N) is 2. The summed E-state index contributed by atoms with van der Waals surface area (Å²) in [4.78, 5) is 12.1. The Morgan fingerprint density at radius 2 is 2.08 bits per heavy atom. The number of benzene rings is 1. The molecule has 7 heteroatoms. The summed E-state index contributed by atoms with van der Waals surface area (Å²) in [6.45, 7) is 6.89. The van der Waals surface area contributed by atoms with Gasteiger partial charge in [-0.2, -0.15) is 5.10 Å². The van der Waals surface area contributed by atoms with Gasteiger partial charge in [0.15, 0.2) is 0 Å². The summed E-state index contributed by atoms with van der Waals surface area (Å²) in [6.07, 6.45) is 1.25. The molecule has 0 spiro atoms. The molecule has 0 aliphatic carbocycles. The Kier molecular flexibility index (Phi) is 6.52. The van der Waals surface area contributed by atoms with Gasteiger partial charge in [0.1, 0.15) is 5.82 Å². The SMILES string of the molecule is CCc1c(NC(=O)NCC(O)c2ccccc2F)cnn1CC(C)C. The van der Waals surface area contributed by atoms with E-state index in [4.69, 9.17) is 0 Å². The number of nitrogens with one attached hydrogen (secondary N) is 2. The molecule has 2 amide bonds. The first-order valence-corrected chi connectivity index (χ1v) is 8.44. The zero-order valence-corrected chi connectivity index (χ0v) is 14.8. The van der Waals surface area contributed by atoms with E-state index in [9.17, 15) is 14.3 Å². The first-order chi connectivity index (χ1) is 11.9. The quantitative estimate of drug-likeness (QED) is 0.719. The van der Waals surface area contributed by atoms with E-state index in [-0.39, 0.29) is 12.1 Å². The van der Waals surface area contributed by atoms with Crippen molar-refractivity contribution < 1.29 is 14.3 Å². The summed E-state index contributed by atoms with van der Waals surface area (Å²) in [5.74, 6) is -0.0526. The number of halogens is 1. The van der Waals surface area contributed by atoms with Crippen molar-refractivity contribution in [1.82, 2.24) is 15.1 Å². The van der Waals surface area contributed by atoms with Gasteiger partial charge in [-0.05, 0) is 18.4 Å². The number of aliphatic hydroxyl groups is 1. The van der Waals surface area contributed by atoms with E-state index >= 15 is 0 Å². The van der Waals surface area contributed by atoms with Crippen LogP contribution in [0.2, 0.25) is 0 Å². The first-order valence-electron chi connectivity index (χ1n) is 8.44. The predicted octanol–water partition coefficient (Wildman–Crippen LogP) is 3.10. The zero-order valence-electron chi connectivity index (χ0n) is 14.8. The lowest BCUT2D eigenvalue weighted by Crippen LogP contribution is -2.32. The Labute approximate surface area is 147 Å². The van der Waals surface area contributed by atoms with E-state index in [1.807, 2.05) is 11.6 Å². The maximum Gasteiger partial charge on any atom is 0.319 e. The molecular weight excluding hydrogens is 323 g/mol. The van der Waals surface area contributed by atoms with Crippen molar-refractivity contribution >= 4 is 11.7 Å². The van der Waals surface area contributed by atoms with Gasteiger partial charge in [0.05, 0.1) is 23.7 Å².